The molecule has 14 heavy (non-hydrogen) atoms. The first kappa shape index (κ1) is 12.7. The number of nitrogens with one attached hydrogen (secondary N) is 1. The van der Waals surface area contributed by atoms with E-state index >= 15 is 0 Å². The minimum absolute atomic E-state index is 0.185. The summed E-state index contributed by atoms with van der Waals surface area (Å²) in [7, 11) is 0. The predicted molar refractivity (Wildman–Crippen MR) is 53.9 cm³/mol. The zero-order valence-electron chi connectivity index (χ0n) is 8.45. The van der Waals surface area contributed by atoms with Crippen LogP contribution in [0, 0.1) is 5.92 Å². The molecule has 0 saturated carbocycles. The molecule has 0 aliphatic heterocycles. The van der Waals surface area contributed by atoms with Crippen molar-refractivity contribution in [3.8, 4) is 0 Å². The molecule has 0 rings (SSSR count). The quantitative estimate of drug-likeness (QED) is 0.605. The third-order valence-corrected chi connectivity index (χ3v) is 1.97. The smallest absolute Gasteiger partial charge is 0.303 e. The van der Waals surface area contributed by atoms with Gasteiger partial charge in [0.15, 0.2) is 0 Å². The molecule has 0 saturated heterocycles. The van der Waals surface area contributed by atoms with Crippen molar-refractivity contribution in [2.75, 3.05) is 6.54 Å². The van der Waals surface area contributed by atoms with Crippen LogP contribution in [-0.4, -0.2) is 23.5 Å². The van der Waals surface area contributed by atoms with Crippen molar-refractivity contribution >= 4 is 11.9 Å². The van der Waals surface area contributed by atoms with Crippen LogP contribution in [0.4, 0.5) is 0 Å². The molecule has 0 aromatic heterocycles. The number of amides is 1. The zero-order chi connectivity index (χ0) is 11.0. The molecule has 0 aliphatic rings. The fourth-order valence-corrected chi connectivity index (χ4v) is 1.03. The maximum absolute atomic E-state index is 10.7. The molecule has 1 unspecified atom stereocenters. The molecule has 0 aromatic carbocycles. The van der Waals surface area contributed by atoms with Gasteiger partial charge in [-0.25, -0.2) is 0 Å². The molecule has 0 spiro atoms. The summed E-state index contributed by atoms with van der Waals surface area (Å²) in [6.07, 6.45) is 2.87. The van der Waals surface area contributed by atoms with Crippen molar-refractivity contribution in [2.45, 2.75) is 26.2 Å². The Morgan fingerprint density at radius 1 is 1.50 bits per heavy atom. The summed E-state index contributed by atoms with van der Waals surface area (Å²) in [5, 5.41) is 11.1. The van der Waals surface area contributed by atoms with Gasteiger partial charge in [-0.1, -0.05) is 13.5 Å². The van der Waals surface area contributed by atoms with E-state index in [1.54, 1.807) is 0 Å². The number of aliphatic carboxylic acids is 1. The maximum Gasteiger partial charge on any atom is 0.303 e. The Hall–Kier alpha value is -1.32. The van der Waals surface area contributed by atoms with E-state index in [0.717, 1.165) is 6.42 Å². The van der Waals surface area contributed by atoms with E-state index in [4.69, 9.17) is 5.11 Å². The average molecular weight is 199 g/mol. The number of hydrogen-bond acceptors (Lipinski definition) is 2. The zero-order valence-corrected chi connectivity index (χ0v) is 8.45. The van der Waals surface area contributed by atoms with E-state index in [-0.39, 0.29) is 12.3 Å². The predicted octanol–water partition coefficient (Wildman–Crippen LogP) is 1.18. The molecule has 4 heteroatoms. The van der Waals surface area contributed by atoms with Gasteiger partial charge in [0, 0.05) is 13.0 Å². The lowest BCUT2D eigenvalue weighted by molar-refractivity contribution is -0.137. The van der Waals surface area contributed by atoms with Gasteiger partial charge >= 0.3 is 5.97 Å². The van der Waals surface area contributed by atoms with Crippen LogP contribution in [0.5, 0.6) is 0 Å². The highest BCUT2D eigenvalue weighted by Crippen LogP contribution is 2.08. The van der Waals surface area contributed by atoms with Crippen LogP contribution in [0.3, 0.4) is 0 Å². The summed E-state index contributed by atoms with van der Waals surface area (Å²) in [6, 6.07) is 0. The standard InChI is InChI=1S/C10H17NO3/c1-3-9(12)11-7-6-8(2)4-5-10(13)14/h3,8H,1,4-7H2,2H3,(H,11,12)(H,13,14). The number of carbonyl (C=O) groups excluding carboxylic acids is 1. The third kappa shape index (κ3) is 7.34. The van der Waals surface area contributed by atoms with Crippen LogP contribution in [0.15, 0.2) is 12.7 Å². The number of carboxylic acid groups (broad SMARTS) is 1. The van der Waals surface area contributed by atoms with Gasteiger partial charge in [0.05, 0.1) is 0 Å². The van der Waals surface area contributed by atoms with E-state index < -0.39 is 5.97 Å². The van der Waals surface area contributed by atoms with E-state index in [1.807, 2.05) is 6.92 Å². The first-order valence-electron chi connectivity index (χ1n) is 4.68. The third-order valence-electron chi connectivity index (χ3n) is 1.97. The normalized spacial score (nSPS) is 11.8. The lowest BCUT2D eigenvalue weighted by Crippen LogP contribution is -2.23. The van der Waals surface area contributed by atoms with Crippen molar-refractivity contribution in [3.63, 3.8) is 0 Å². The minimum atomic E-state index is -0.771. The van der Waals surface area contributed by atoms with Gasteiger partial charge in [-0.15, -0.1) is 0 Å². The van der Waals surface area contributed by atoms with Crippen LogP contribution < -0.4 is 5.32 Å². The molecule has 80 valence electrons. The Balaban J connectivity index is 3.44. The fraction of sp³-hybridized carbons (Fsp3) is 0.600. The molecule has 0 heterocycles. The van der Waals surface area contributed by atoms with Crippen LogP contribution in [0.1, 0.15) is 26.2 Å². The van der Waals surface area contributed by atoms with Gasteiger partial charge in [0.25, 0.3) is 0 Å². The Kier molecular flexibility index (Phi) is 6.45. The number of carboxylic acids is 1. The first-order chi connectivity index (χ1) is 6.56. The summed E-state index contributed by atoms with van der Waals surface area (Å²) in [5.74, 6) is -0.640. The molecule has 0 fully saturated rings. The van der Waals surface area contributed by atoms with Crippen molar-refractivity contribution in [2.24, 2.45) is 5.92 Å². The van der Waals surface area contributed by atoms with Gasteiger partial charge in [0.1, 0.15) is 0 Å². The summed E-state index contributed by atoms with van der Waals surface area (Å²) in [4.78, 5) is 21.0. The average Bonchev–Trinajstić information content (AvgIpc) is 2.14. The van der Waals surface area contributed by atoms with Gasteiger partial charge in [-0.2, -0.15) is 0 Å². The first-order valence-corrected chi connectivity index (χ1v) is 4.68. The highest BCUT2D eigenvalue weighted by molar-refractivity contribution is 5.86. The molecule has 0 bridgehead atoms. The highest BCUT2D eigenvalue weighted by Gasteiger charge is 2.05. The van der Waals surface area contributed by atoms with Gasteiger partial charge in [-0.05, 0) is 24.8 Å². The Morgan fingerprint density at radius 3 is 2.64 bits per heavy atom. The SMILES string of the molecule is C=CC(=O)NCCC(C)CCC(=O)O. The highest BCUT2D eigenvalue weighted by atomic mass is 16.4. The summed E-state index contributed by atoms with van der Waals surface area (Å²) in [5.41, 5.74) is 0. The van der Waals surface area contributed by atoms with E-state index in [9.17, 15) is 9.59 Å². The molecule has 2 N–H and O–H groups in total. The van der Waals surface area contributed by atoms with Gasteiger partial charge in [-0.3, -0.25) is 9.59 Å². The molecular formula is C10H17NO3. The molecule has 1 amide bonds. The summed E-state index contributed by atoms with van der Waals surface area (Å²) >= 11 is 0. The number of hydrogen-bond donors (Lipinski definition) is 2. The number of carbonyl (C=O) groups is 2. The van der Waals surface area contributed by atoms with Gasteiger partial charge in [0.2, 0.25) is 5.91 Å². The molecule has 1 atom stereocenters. The molecule has 0 aromatic rings. The summed E-state index contributed by atoms with van der Waals surface area (Å²) < 4.78 is 0. The molecule has 4 nitrogen and oxygen atoms in total. The van der Waals surface area contributed by atoms with Crippen LogP contribution in [0.25, 0.3) is 0 Å². The lowest BCUT2D eigenvalue weighted by Gasteiger charge is -2.09. The Morgan fingerprint density at radius 2 is 2.14 bits per heavy atom. The van der Waals surface area contributed by atoms with Crippen molar-refractivity contribution in [1.82, 2.24) is 5.32 Å². The lowest BCUT2D eigenvalue weighted by atomic mass is 10.0. The largest absolute Gasteiger partial charge is 0.481 e. The Labute approximate surface area is 84.0 Å². The maximum atomic E-state index is 10.7. The van der Waals surface area contributed by atoms with Crippen LogP contribution >= 0.6 is 0 Å². The van der Waals surface area contributed by atoms with E-state index in [2.05, 4.69) is 11.9 Å². The van der Waals surface area contributed by atoms with Crippen LogP contribution in [-0.2, 0) is 9.59 Å². The van der Waals surface area contributed by atoms with Crippen molar-refractivity contribution < 1.29 is 14.7 Å². The van der Waals surface area contributed by atoms with Gasteiger partial charge < -0.3 is 10.4 Å². The van der Waals surface area contributed by atoms with E-state index in [1.165, 1.54) is 6.08 Å². The second-order valence-corrected chi connectivity index (χ2v) is 3.32. The number of rotatable bonds is 7. The topological polar surface area (TPSA) is 66.4 Å². The summed E-state index contributed by atoms with van der Waals surface area (Å²) in [6.45, 7) is 5.88. The second kappa shape index (κ2) is 7.12. The van der Waals surface area contributed by atoms with Crippen molar-refractivity contribution in [1.29, 1.82) is 0 Å². The second-order valence-electron chi connectivity index (χ2n) is 3.32. The van der Waals surface area contributed by atoms with E-state index in [0.29, 0.717) is 18.9 Å². The monoisotopic (exact) mass is 199 g/mol. The minimum Gasteiger partial charge on any atom is -0.481 e. The molecule has 0 aliphatic carbocycles. The van der Waals surface area contributed by atoms with Crippen LogP contribution in [0.2, 0.25) is 0 Å². The fourth-order valence-electron chi connectivity index (χ4n) is 1.03. The Bertz CT molecular complexity index is 213. The van der Waals surface area contributed by atoms with Crippen molar-refractivity contribution in [3.05, 3.63) is 12.7 Å². The molecule has 0 radical (unpaired) electrons. The molecular weight excluding hydrogens is 182 g/mol.